The molecule has 0 aliphatic carbocycles. The molecule has 1 aromatic rings. The van der Waals surface area contributed by atoms with E-state index in [-0.39, 0.29) is 57.0 Å². The van der Waals surface area contributed by atoms with Gasteiger partial charge in [-0.2, -0.15) is 12.5 Å². The summed E-state index contributed by atoms with van der Waals surface area (Å²) in [5.74, 6) is -0.568. The van der Waals surface area contributed by atoms with Crippen molar-refractivity contribution in [3.8, 4) is 5.75 Å². The standard InChI is InChI=1S/C14H13ClO3.K/c1-4-5-11(9(2)14(16)17)12-8-10(15)6-7-13(12)18-3;/h5-8H,2H2,1,3H3,(H,16,17);/q-2;+1/b11-9-;. The monoisotopic (exact) mass is 303 g/mol. The molecule has 0 aromatic heterocycles. The zero-order chi connectivity index (χ0) is 13.7. The van der Waals surface area contributed by atoms with Crippen LogP contribution in [0, 0.1) is 13.0 Å². The van der Waals surface area contributed by atoms with E-state index in [2.05, 4.69) is 13.0 Å². The molecule has 0 atom stereocenters. The second-order valence-electron chi connectivity index (χ2n) is 3.47. The van der Waals surface area contributed by atoms with E-state index < -0.39 is 5.97 Å². The maximum absolute atomic E-state index is 11.0. The summed E-state index contributed by atoms with van der Waals surface area (Å²) in [5, 5.41) is 9.52. The minimum atomic E-state index is -1.10. The van der Waals surface area contributed by atoms with Crippen molar-refractivity contribution in [2.45, 2.75) is 6.92 Å². The first-order chi connectivity index (χ1) is 8.51. The number of hydrogen-bond acceptors (Lipinski definition) is 2. The summed E-state index contributed by atoms with van der Waals surface area (Å²) in [7, 11) is 1.51. The number of allylic oxidation sites excluding steroid dienone is 3. The molecule has 3 nitrogen and oxygen atoms in total. The van der Waals surface area contributed by atoms with Gasteiger partial charge in [-0.25, -0.2) is 6.08 Å². The number of carboxylic acid groups (broad SMARTS) is 1. The van der Waals surface area contributed by atoms with E-state index in [0.29, 0.717) is 21.9 Å². The Kier molecular flexibility index (Phi) is 8.73. The maximum atomic E-state index is 11.0. The quantitative estimate of drug-likeness (QED) is 0.379. The van der Waals surface area contributed by atoms with Gasteiger partial charge in [0.25, 0.3) is 0 Å². The topological polar surface area (TPSA) is 46.5 Å². The van der Waals surface area contributed by atoms with Gasteiger partial charge in [-0.1, -0.05) is 23.2 Å². The molecule has 1 rings (SSSR count). The van der Waals surface area contributed by atoms with Crippen LogP contribution in [0.3, 0.4) is 0 Å². The average molecular weight is 304 g/mol. The van der Waals surface area contributed by atoms with Crippen LogP contribution in [0.25, 0.3) is 5.57 Å². The number of hydrogen-bond donors (Lipinski definition) is 1. The van der Waals surface area contributed by atoms with Crippen LogP contribution in [0.15, 0.2) is 29.8 Å². The summed E-state index contributed by atoms with van der Waals surface area (Å²) in [6.07, 6.45) is 4.33. The molecule has 0 bridgehead atoms. The van der Waals surface area contributed by atoms with Gasteiger partial charge in [0.15, 0.2) is 0 Å². The molecule has 0 radical (unpaired) electrons. The second kappa shape index (κ2) is 8.84. The van der Waals surface area contributed by atoms with Gasteiger partial charge in [0.05, 0.1) is 7.11 Å². The molecular weight excluding hydrogens is 291 g/mol. The molecule has 0 saturated heterocycles. The molecule has 1 N–H and O–H groups in total. The van der Waals surface area contributed by atoms with Gasteiger partial charge in [0.2, 0.25) is 5.97 Å². The fourth-order valence-electron chi connectivity index (χ4n) is 1.48. The number of rotatable bonds is 4. The van der Waals surface area contributed by atoms with Crippen molar-refractivity contribution in [1.82, 2.24) is 0 Å². The van der Waals surface area contributed by atoms with Crippen LogP contribution in [0.1, 0.15) is 12.5 Å². The van der Waals surface area contributed by atoms with Gasteiger partial charge in [0.1, 0.15) is 5.75 Å². The summed E-state index contributed by atoms with van der Waals surface area (Å²) in [6, 6.07) is 4.98. The van der Waals surface area contributed by atoms with Crippen LogP contribution in [0.2, 0.25) is 5.02 Å². The van der Waals surface area contributed by atoms with Crippen LogP contribution in [-0.2, 0) is 4.79 Å². The fraction of sp³-hybridized carbons (Fsp3) is 0.143. The summed E-state index contributed by atoms with van der Waals surface area (Å²) in [5.41, 5.74) is 0.959. The minimum Gasteiger partial charge on any atom is -0.536 e. The van der Waals surface area contributed by atoms with E-state index in [9.17, 15) is 4.79 Å². The summed E-state index contributed by atoms with van der Waals surface area (Å²) < 4.78 is 5.20. The molecule has 19 heavy (non-hydrogen) atoms. The van der Waals surface area contributed by atoms with Crippen molar-refractivity contribution in [1.29, 1.82) is 0 Å². The predicted octanol–water partition coefficient (Wildman–Crippen LogP) is 0.404. The van der Waals surface area contributed by atoms with Crippen molar-refractivity contribution in [2.75, 3.05) is 7.11 Å². The number of carboxylic acids is 1. The smallest absolute Gasteiger partial charge is 0.536 e. The molecule has 0 heterocycles. The van der Waals surface area contributed by atoms with Crippen LogP contribution >= 0.6 is 11.6 Å². The zero-order valence-electron chi connectivity index (χ0n) is 11.2. The third-order valence-electron chi connectivity index (χ3n) is 2.32. The van der Waals surface area contributed by atoms with Crippen molar-refractivity contribution in [3.63, 3.8) is 0 Å². The van der Waals surface area contributed by atoms with E-state index in [1.807, 2.05) is 0 Å². The zero-order valence-corrected chi connectivity index (χ0v) is 15.0. The molecule has 0 aliphatic rings. The molecule has 0 spiro atoms. The van der Waals surface area contributed by atoms with Crippen LogP contribution in [0.5, 0.6) is 5.75 Å². The second-order valence-corrected chi connectivity index (χ2v) is 3.91. The molecule has 0 saturated carbocycles. The third kappa shape index (κ3) is 4.98. The number of halogens is 1. The first-order valence-corrected chi connectivity index (χ1v) is 5.53. The van der Waals surface area contributed by atoms with Gasteiger partial charge < -0.3 is 14.6 Å². The Morgan fingerprint density at radius 3 is 2.63 bits per heavy atom. The number of carbonyl (C=O) groups is 1. The molecule has 0 amide bonds. The van der Waals surface area contributed by atoms with Crippen LogP contribution in [0.4, 0.5) is 0 Å². The Morgan fingerprint density at radius 2 is 2.16 bits per heavy atom. The number of benzene rings is 1. The van der Waals surface area contributed by atoms with Gasteiger partial charge in [-0.3, -0.25) is 6.08 Å². The summed E-state index contributed by atoms with van der Waals surface area (Å²) in [6.45, 7) is 5.22. The van der Waals surface area contributed by atoms with Gasteiger partial charge >= 0.3 is 51.4 Å². The van der Waals surface area contributed by atoms with Crippen molar-refractivity contribution < 1.29 is 66.0 Å². The first-order valence-electron chi connectivity index (χ1n) is 5.15. The maximum Gasteiger partial charge on any atom is 1.00 e. The van der Waals surface area contributed by atoms with E-state index >= 15 is 0 Å². The third-order valence-corrected chi connectivity index (χ3v) is 2.56. The van der Waals surface area contributed by atoms with Gasteiger partial charge in [0, 0.05) is 5.02 Å². The number of ether oxygens (including phenoxy) is 1. The van der Waals surface area contributed by atoms with Crippen LogP contribution in [-0.4, -0.2) is 18.2 Å². The first kappa shape index (κ1) is 18.8. The van der Waals surface area contributed by atoms with Crippen LogP contribution < -0.4 is 56.1 Å². The van der Waals surface area contributed by atoms with Crippen molar-refractivity contribution in [3.05, 3.63) is 53.4 Å². The normalized spacial score (nSPS) is 11.7. The van der Waals surface area contributed by atoms with E-state index in [1.165, 1.54) is 7.11 Å². The summed E-state index contributed by atoms with van der Waals surface area (Å²) >= 11 is 5.92. The van der Waals surface area contributed by atoms with Crippen molar-refractivity contribution >= 4 is 23.1 Å². The predicted molar refractivity (Wildman–Crippen MR) is 71.4 cm³/mol. The molecule has 0 aliphatic heterocycles. The fourth-order valence-corrected chi connectivity index (χ4v) is 1.65. The Balaban J connectivity index is 0.00000324. The van der Waals surface area contributed by atoms with Gasteiger partial charge in [-0.05, 0) is 12.1 Å². The molecular formula is C14H13ClKO3-. The minimum absolute atomic E-state index is 0. The molecule has 0 unspecified atom stereocenters. The van der Waals surface area contributed by atoms with Gasteiger partial charge in [-0.15, -0.1) is 12.5 Å². The molecule has 96 valence electrons. The average Bonchev–Trinajstić information content (AvgIpc) is 2.35. The van der Waals surface area contributed by atoms with Crippen molar-refractivity contribution in [2.24, 2.45) is 0 Å². The van der Waals surface area contributed by atoms with E-state index in [4.69, 9.17) is 21.4 Å². The Morgan fingerprint density at radius 1 is 1.53 bits per heavy atom. The number of methoxy groups -OCH3 is 1. The molecule has 0 fully saturated rings. The number of aliphatic carboxylic acids is 1. The molecule has 5 heteroatoms. The molecule has 1 aromatic carbocycles. The Labute approximate surface area is 160 Å². The largest absolute Gasteiger partial charge is 1.00 e. The SMILES string of the molecule is [CH2-]/C(C(=O)O)=C(\C=[C-]C)c1cc(Cl)ccc1OC.[K+]. The summed E-state index contributed by atoms with van der Waals surface area (Å²) in [4.78, 5) is 11.0. The van der Waals surface area contributed by atoms with E-state index in [1.54, 1.807) is 31.2 Å². The Bertz CT molecular complexity index is 521. The van der Waals surface area contributed by atoms with E-state index in [0.717, 1.165) is 0 Å². The Hall–Kier alpha value is -0.234.